The van der Waals surface area contributed by atoms with Gasteiger partial charge >= 0.3 is 0 Å². The van der Waals surface area contributed by atoms with Crippen molar-refractivity contribution in [3.63, 3.8) is 0 Å². The normalized spacial score (nSPS) is 11.7. The molecule has 1 rings (SSSR count). The maximum absolute atomic E-state index is 13.2. The lowest BCUT2D eigenvalue weighted by molar-refractivity contribution is 0.571. The van der Waals surface area contributed by atoms with Crippen LogP contribution in [0.4, 0.5) is 4.39 Å². The Morgan fingerprint density at radius 3 is 2.46 bits per heavy atom. The summed E-state index contributed by atoms with van der Waals surface area (Å²) in [4.78, 5) is -0.507. The topological polar surface area (TPSA) is 34.1 Å². The Labute approximate surface area is 101 Å². The second-order valence-corrected chi connectivity index (χ2v) is 6.77. The molecule has 0 unspecified atom stereocenters. The number of benzene rings is 1. The molecule has 0 aliphatic carbocycles. The highest BCUT2D eigenvalue weighted by atomic mass is 127. The summed E-state index contributed by atoms with van der Waals surface area (Å²) in [6.45, 7) is 0. The first-order chi connectivity index (χ1) is 5.82. The predicted octanol–water partition coefficient (Wildman–Crippen LogP) is 3.12. The number of halogens is 4. The molecule has 0 aliphatic rings. The zero-order chi connectivity index (χ0) is 10.2. The molecule has 0 amide bonds. The van der Waals surface area contributed by atoms with Gasteiger partial charge in [0.1, 0.15) is 4.90 Å². The molecule has 1 aromatic carbocycles. The highest BCUT2D eigenvalue weighted by Crippen LogP contribution is 2.27. The van der Waals surface area contributed by atoms with Gasteiger partial charge in [0.15, 0.2) is 5.82 Å². The molecule has 0 N–H and O–H groups in total. The fourth-order valence-electron chi connectivity index (χ4n) is 0.710. The van der Waals surface area contributed by atoms with Crippen LogP contribution in [0.5, 0.6) is 0 Å². The molecule has 0 aliphatic heterocycles. The van der Waals surface area contributed by atoms with Gasteiger partial charge in [-0.05, 0) is 50.7 Å². The number of hydrogen-bond acceptors (Lipinski definition) is 2. The van der Waals surface area contributed by atoms with Gasteiger partial charge in [-0.25, -0.2) is 12.8 Å². The molecule has 13 heavy (non-hydrogen) atoms. The number of hydrogen-bond donors (Lipinski definition) is 0. The molecule has 0 radical (unpaired) electrons. The average Bonchev–Trinajstić information content (AvgIpc) is 1.94. The van der Waals surface area contributed by atoms with Crippen LogP contribution >= 0.6 is 49.2 Å². The Hall–Kier alpha value is 0.600. The summed E-state index contributed by atoms with van der Waals surface area (Å²) < 4.78 is 35.6. The second-order valence-electron chi connectivity index (χ2n) is 2.14. The molecule has 0 heterocycles. The van der Waals surface area contributed by atoms with E-state index in [-0.39, 0.29) is 4.47 Å². The first-order valence-corrected chi connectivity index (χ1v) is 7.09. The molecule has 2 nitrogen and oxygen atoms in total. The van der Waals surface area contributed by atoms with E-state index >= 15 is 0 Å². The van der Waals surface area contributed by atoms with E-state index in [2.05, 4.69) is 15.9 Å². The van der Waals surface area contributed by atoms with E-state index in [4.69, 9.17) is 10.7 Å². The molecular formula is C6H2BrClFIO2S. The van der Waals surface area contributed by atoms with E-state index < -0.39 is 19.8 Å². The van der Waals surface area contributed by atoms with Crippen LogP contribution in [0.2, 0.25) is 0 Å². The van der Waals surface area contributed by atoms with Gasteiger partial charge < -0.3 is 0 Å². The summed E-state index contributed by atoms with van der Waals surface area (Å²) in [5, 5.41) is 0. The minimum absolute atomic E-state index is 0.0821. The minimum Gasteiger partial charge on any atom is -0.207 e. The lowest BCUT2D eigenvalue weighted by Gasteiger charge is -2.01. The van der Waals surface area contributed by atoms with Crippen LogP contribution in [0.25, 0.3) is 0 Å². The first-order valence-electron chi connectivity index (χ1n) is 2.91. The van der Waals surface area contributed by atoms with Gasteiger partial charge in [0.05, 0.1) is 4.47 Å². The Balaban J connectivity index is 3.56. The van der Waals surface area contributed by atoms with Crippen LogP contribution in [0, 0.1) is 9.39 Å². The van der Waals surface area contributed by atoms with Crippen LogP contribution in [-0.2, 0) is 9.05 Å². The van der Waals surface area contributed by atoms with E-state index in [0.29, 0.717) is 3.57 Å². The second kappa shape index (κ2) is 4.00. The van der Waals surface area contributed by atoms with Crippen molar-refractivity contribution in [2.75, 3.05) is 0 Å². The summed E-state index contributed by atoms with van der Waals surface area (Å²) in [5.41, 5.74) is 0. The lowest BCUT2D eigenvalue weighted by atomic mass is 10.3. The van der Waals surface area contributed by atoms with Crippen LogP contribution in [0.3, 0.4) is 0 Å². The SMILES string of the molecule is O=S(=O)(Cl)c1cc(I)cc(Br)c1F. The highest BCUT2D eigenvalue weighted by Gasteiger charge is 2.18. The summed E-state index contributed by atoms with van der Waals surface area (Å²) >= 11 is 4.75. The molecule has 72 valence electrons. The van der Waals surface area contributed by atoms with Gasteiger partial charge in [0.2, 0.25) is 0 Å². The zero-order valence-electron chi connectivity index (χ0n) is 5.89. The monoisotopic (exact) mass is 398 g/mol. The van der Waals surface area contributed by atoms with Crippen molar-refractivity contribution in [3.8, 4) is 0 Å². The standard InChI is InChI=1S/C6H2BrClFIO2S/c7-4-1-3(10)2-5(6(4)9)13(8,11)12/h1-2H. The van der Waals surface area contributed by atoms with E-state index in [1.54, 1.807) is 0 Å². The maximum Gasteiger partial charge on any atom is 0.264 e. The van der Waals surface area contributed by atoms with Crippen molar-refractivity contribution in [3.05, 3.63) is 26.0 Å². The van der Waals surface area contributed by atoms with Gasteiger partial charge in [0.25, 0.3) is 9.05 Å². The van der Waals surface area contributed by atoms with Crippen LogP contribution in [0.15, 0.2) is 21.5 Å². The summed E-state index contributed by atoms with van der Waals surface area (Å²) in [6, 6.07) is 2.63. The van der Waals surface area contributed by atoms with Gasteiger partial charge in [0, 0.05) is 14.3 Å². The average molecular weight is 399 g/mol. The van der Waals surface area contributed by atoms with Gasteiger partial charge in [-0.1, -0.05) is 0 Å². The Bertz CT molecular complexity index is 448. The molecule has 0 saturated heterocycles. The fraction of sp³-hybridized carbons (Fsp3) is 0. The fourth-order valence-corrected chi connectivity index (χ4v) is 3.49. The van der Waals surface area contributed by atoms with Gasteiger partial charge in [-0.2, -0.15) is 0 Å². The van der Waals surface area contributed by atoms with Crippen molar-refractivity contribution >= 4 is 58.3 Å². The molecule has 0 fully saturated rings. The Kier molecular flexibility index (Phi) is 3.59. The van der Waals surface area contributed by atoms with Gasteiger partial charge in [-0.3, -0.25) is 0 Å². The van der Waals surface area contributed by atoms with Crippen molar-refractivity contribution in [1.29, 1.82) is 0 Å². The summed E-state index contributed by atoms with van der Waals surface area (Å²) in [7, 11) is 1.000. The number of rotatable bonds is 1. The Morgan fingerprint density at radius 1 is 1.46 bits per heavy atom. The van der Waals surface area contributed by atoms with Crippen LogP contribution in [-0.4, -0.2) is 8.42 Å². The summed E-state index contributed by atoms with van der Waals surface area (Å²) in [5.74, 6) is -0.865. The van der Waals surface area contributed by atoms with Crippen molar-refractivity contribution in [2.45, 2.75) is 4.90 Å². The molecule has 1 aromatic rings. The smallest absolute Gasteiger partial charge is 0.207 e. The zero-order valence-corrected chi connectivity index (χ0v) is 11.2. The largest absolute Gasteiger partial charge is 0.264 e. The van der Waals surface area contributed by atoms with E-state index in [1.165, 1.54) is 12.1 Å². The summed E-state index contributed by atoms with van der Waals surface area (Å²) in [6.07, 6.45) is 0. The van der Waals surface area contributed by atoms with E-state index in [1.807, 2.05) is 22.6 Å². The molecule has 0 bridgehead atoms. The van der Waals surface area contributed by atoms with Gasteiger partial charge in [-0.15, -0.1) is 0 Å². The third-order valence-electron chi connectivity index (χ3n) is 1.22. The third-order valence-corrected chi connectivity index (χ3v) is 3.74. The Morgan fingerprint density at radius 2 is 2.00 bits per heavy atom. The maximum atomic E-state index is 13.2. The van der Waals surface area contributed by atoms with Crippen LogP contribution < -0.4 is 0 Å². The third kappa shape index (κ3) is 2.77. The lowest BCUT2D eigenvalue weighted by Crippen LogP contribution is -1.97. The highest BCUT2D eigenvalue weighted by molar-refractivity contribution is 14.1. The molecule has 0 atom stereocenters. The molecular weight excluding hydrogens is 397 g/mol. The van der Waals surface area contributed by atoms with Crippen molar-refractivity contribution in [1.82, 2.24) is 0 Å². The van der Waals surface area contributed by atoms with E-state index in [9.17, 15) is 12.8 Å². The quantitative estimate of drug-likeness (QED) is 0.413. The molecule has 0 aromatic heterocycles. The predicted molar refractivity (Wildman–Crippen MR) is 59.9 cm³/mol. The molecule has 0 saturated carbocycles. The van der Waals surface area contributed by atoms with Crippen molar-refractivity contribution < 1.29 is 12.8 Å². The minimum atomic E-state index is -4.02. The molecule has 0 spiro atoms. The molecule has 7 heteroatoms. The van der Waals surface area contributed by atoms with Crippen molar-refractivity contribution in [2.24, 2.45) is 0 Å². The first kappa shape index (κ1) is 11.7. The van der Waals surface area contributed by atoms with E-state index in [0.717, 1.165) is 0 Å². The van der Waals surface area contributed by atoms with Crippen LogP contribution in [0.1, 0.15) is 0 Å².